The highest BCUT2D eigenvalue weighted by atomic mass is 19.1. The number of aromatic nitrogens is 2. The number of piperidine rings is 1. The van der Waals surface area contributed by atoms with E-state index in [4.69, 9.17) is 9.47 Å². The van der Waals surface area contributed by atoms with Gasteiger partial charge in [0.25, 0.3) is 5.91 Å². The highest BCUT2D eigenvalue weighted by molar-refractivity contribution is 5.95. The second-order valence-corrected chi connectivity index (χ2v) is 11.0. The first kappa shape index (κ1) is 29.7. The lowest BCUT2D eigenvalue weighted by Crippen LogP contribution is -2.58. The third-order valence-electron chi connectivity index (χ3n) is 7.52. The Balaban J connectivity index is 1.67. The summed E-state index contributed by atoms with van der Waals surface area (Å²) < 4.78 is 26.5. The van der Waals surface area contributed by atoms with E-state index in [9.17, 15) is 23.9 Å². The predicted molar refractivity (Wildman–Crippen MR) is 146 cm³/mol. The van der Waals surface area contributed by atoms with Crippen LogP contribution < -0.4 is 0 Å². The van der Waals surface area contributed by atoms with Crippen molar-refractivity contribution in [2.24, 2.45) is 11.8 Å². The average molecular weight is 562 g/mol. The summed E-state index contributed by atoms with van der Waals surface area (Å²) >= 11 is 0. The standard InChI is InChI=1S/C28H40FN5O6/c1-19(2)16-34(22-14-20(17-32(18-22)28(37)38)26(35)31-9-12-40-13-10-31)27(36)25-30-23-7-6-21(29)15-24(23)33(25)8-4-5-11-39-3/h6-7,15,19-20,22H,4-5,8-14,16-18H2,1-3H3,(H,37,38)/t20-,22+/m1/s1. The SMILES string of the molecule is COCCCCn1c(C(=O)N(CC(C)C)[C@H]2C[C@@H](C(=O)N3CCOCC3)CN(C(=O)O)C2)nc2ccc(F)cc21. The van der Waals surface area contributed by atoms with Crippen molar-refractivity contribution >= 4 is 28.9 Å². The lowest BCUT2D eigenvalue weighted by atomic mass is 9.91. The molecule has 2 aromatic rings. The molecule has 0 bridgehead atoms. The molecule has 0 unspecified atom stereocenters. The van der Waals surface area contributed by atoms with Crippen molar-refractivity contribution in [2.45, 2.75) is 45.7 Å². The second-order valence-electron chi connectivity index (χ2n) is 11.0. The Kier molecular flexibility index (Phi) is 9.96. The number of rotatable bonds is 10. The third kappa shape index (κ3) is 6.90. The molecule has 1 aromatic heterocycles. The molecule has 2 atom stereocenters. The minimum atomic E-state index is -1.12. The molecule has 0 aliphatic carbocycles. The number of hydrogen-bond donors (Lipinski definition) is 1. The number of unbranched alkanes of at least 4 members (excludes halogenated alkanes) is 1. The number of morpholine rings is 1. The zero-order chi connectivity index (χ0) is 28.8. The van der Waals surface area contributed by atoms with Crippen LogP contribution in [-0.2, 0) is 20.8 Å². The molecule has 3 heterocycles. The first-order chi connectivity index (χ1) is 19.2. The van der Waals surface area contributed by atoms with E-state index in [-0.39, 0.29) is 36.6 Å². The molecule has 1 aromatic carbocycles. The van der Waals surface area contributed by atoms with E-state index < -0.39 is 23.9 Å². The molecule has 11 nitrogen and oxygen atoms in total. The molecule has 2 aliphatic rings. The summed E-state index contributed by atoms with van der Waals surface area (Å²) in [4.78, 5) is 49.0. The fraction of sp³-hybridized carbons (Fsp3) is 0.643. The Bertz CT molecular complexity index is 1200. The second kappa shape index (κ2) is 13.4. The molecule has 1 N–H and O–H groups in total. The molecular weight excluding hydrogens is 521 g/mol. The van der Waals surface area contributed by atoms with Crippen LogP contribution in [0.5, 0.6) is 0 Å². The molecule has 4 rings (SSSR count). The molecule has 2 fully saturated rings. The van der Waals surface area contributed by atoms with Gasteiger partial charge in [0.05, 0.1) is 36.2 Å². The maximum absolute atomic E-state index is 14.2. The van der Waals surface area contributed by atoms with Crippen molar-refractivity contribution in [2.75, 3.05) is 59.7 Å². The van der Waals surface area contributed by atoms with Crippen LogP contribution in [0, 0.1) is 17.7 Å². The maximum atomic E-state index is 14.2. The zero-order valence-electron chi connectivity index (χ0n) is 23.6. The summed E-state index contributed by atoms with van der Waals surface area (Å²) in [5.74, 6) is -1.20. The number of hydrogen-bond acceptors (Lipinski definition) is 6. The number of halogens is 1. The number of carbonyl (C=O) groups is 3. The van der Waals surface area contributed by atoms with Gasteiger partial charge in [0.2, 0.25) is 5.91 Å². The number of fused-ring (bicyclic) bond motifs is 1. The minimum Gasteiger partial charge on any atom is -0.465 e. The number of benzene rings is 1. The molecule has 40 heavy (non-hydrogen) atoms. The summed E-state index contributed by atoms with van der Waals surface area (Å²) in [6, 6.07) is 3.74. The summed E-state index contributed by atoms with van der Waals surface area (Å²) in [5.41, 5.74) is 1.04. The van der Waals surface area contributed by atoms with E-state index in [2.05, 4.69) is 4.98 Å². The molecule has 2 aliphatic heterocycles. The zero-order valence-corrected chi connectivity index (χ0v) is 23.6. The molecule has 0 saturated carbocycles. The first-order valence-corrected chi connectivity index (χ1v) is 14.0. The number of likely N-dealkylation sites (tertiary alicyclic amines) is 1. The normalized spacial score (nSPS) is 19.8. The number of ether oxygens (including phenoxy) is 2. The lowest BCUT2D eigenvalue weighted by molar-refractivity contribution is -0.142. The number of carbonyl (C=O) groups excluding carboxylic acids is 2. The third-order valence-corrected chi connectivity index (χ3v) is 7.52. The first-order valence-electron chi connectivity index (χ1n) is 14.0. The minimum absolute atomic E-state index is 0.0783. The summed E-state index contributed by atoms with van der Waals surface area (Å²) in [6.07, 6.45) is 0.687. The van der Waals surface area contributed by atoms with Crippen LogP contribution in [0.1, 0.15) is 43.7 Å². The monoisotopic (exact) mass is 561 g/mol. The van der Waals surface area contributed by atoms with Crippen LogP contribution in [0.2, 0.25) is 0 Å². The van der Waals surface area contributed by atoms with E-state index in [1.54, 1.807) is 27.5 Å². The highest BCUT2D eigenvalue weighted by Gasteiger charge is 2.40. The molecule has 0 spiro atoms. The number of amides is 3. The maximum Gasteiger partial charge on any atom is 0.407 e. The van der Waals surface area contributed by atoms with Gasteiger partial charge in [-0.15, -0.1) is 0 Å². The largest absolute Gasteiger partial charge is 0.465 e. The van der Waals surface area contributed by atoms with Gasteiger partial charge in [-0.3, -0.25) is 9.59 Å². The van der Waals surface area contributed by atoms with E-state index >= 15 is 0 Å². The number of methoxy groups -OCH3 is 1. The van der Waals surface area contributed by atoms with Gasteiger partial charge in [-0.05, 0) is 43.4 Å². The number of nitrogens with zero attached hydrogens (tertiary/aromatic N) is 5. The molecular formula is C28H40FN5O6. The Morgan fingerprint density at radius 2 is 1.93 bits per heavy atom. The van der Waals surface area contributed by atoms with Crippen molar-refractivity contribution < 1.29 is 33.4 Å². The van der Waals surface area contributed by atoms with Crippen molar-refractivity contribution in [1.29, 1.82) is 0 Å². The summed E-state index contributed by atoms with van der Waals surface area (Å²) in [5, 5.41) is 9.91. The highest BCUT2D eigenvalue weighted by Crippen LogP contribution is 2.27. The quantitative estimate of drug-likeness (QED) is 0.443. The van der Waals surface area contributed by atoms with Gasteiger partial charge < -0.3 is 33.8 Å². The average Bonchev–Trinajstić information content (AvgIpc) is 3.30. The molecule has 2 saturated heterocycles. The Morgan fingerprint density at radius 3 is 2.60 bits per heavy atom. The van der Waals surface area contributed by atoms with Gasteiger partial charge in [-0.2, -0.15) is 0 Å². The van der Waals surface area contributed by atoms with Gasteiger partial charge >= 0.3 is 6.09 Å². The summed E-state index contributed by atoms with van der Waals surface area (Å²) in [7, 11) is 1.63. The Morgan fingerprint density at radius 1 is 1.18 bits per heavy atom. The fourth-order valence-electron chi connectivity index (χ4n) is 5.60. The van der Waals surface area contributed by atoms with Crippen LogP contribution in [-0.4, -0.2) is 113 Å². The van der Waals surface area contributed by atoms with E-state index in [0.717, 1.165) is 6.42 Å². The number of carboxylic acid groups (broad SMARTS) is 1. The molecule has 3 amide bonds. The topological polar surface area (TPSA) is 117 Å². The van der Waals surface area contributed by atoms with E-state index in [1.807, 2.05) is 13.8 Å². The van der Waals surface area contributed by atoms with E-state index in [1.165, 1.54) is 17.0 Å². The van der Waals surface area contributed by atoms with Gasteiger partial charge in [0.15, 0.2) is 5.82 Å². The van der Waals surface area contributed by atoms with Gasteiger partial charge in [0.1, 0.15) is 5.82 Å². The summed E-state index contributed by atoms with van der Waals surface area (Å²) in [6.45, 7) is 7.35. The van der Waals surface area contributed by atoms with Crippen LogP contribution in [0.25, 0.3) is 11.0 Å². The molecule has 220 valence electrons. The van der Waals surface area contributed by atoms with Crippen LogP contribution in [0.15, 0.2) is 18.2 Å². The lowest BCUT2D eigenvalue weighted by Gasteiger charge is -2.43. The molecule has 0 radical (unpaired) electrons. The van der Waals surface area contributed by atoms with Gasteiger partial charge in [0, 0.05) is 53.0 Å². The number of imidazole rings is 1. The Labute approximate surface area is 233 Å². The Hall–Kier alpha value is -3.25. The van der Waals surface area contributed by atoms with Crippen LogP contribution in [0.3, 0.4) is 0 Å². The fourth-order valence-corrected chi connectivity index (χ4v) is 5.60. The number of aryl methyl sites for hydroxylation is 1. The van der Waals surface area contributed by atoms with Crippen LogP contribution >= 0.6 is 0 Å². The van der Waals surface area contributed by atoms with Crippen LogP contribution in [0.4, 0.5) is 9.18 Å². The predicted octanol–water partition coefficient (Wildman–Crippen LogP) is 2.93. The van der Waals surface area contributed by atoms with E-state index in [0.29, 0.717) is 69.9 Å². The van der Waals surface area contributed by atoms with Crippen molar-refractivity contribution in [3.63, 3.8) is 0 Å². The van der Waals surface area contributed by atoms with Gasteiger partial charge in [-0.25, -0.2) is 14.2 Å². The van der Waals surface area contributed by atoms with Crippen molar-refractivity contribution in [3.05, 3.63) is 29.8 Å². The van der Waals surface area contributed by atoms with Gasteiger partial charge in [-0.1, -0.05) is 13.8 Å². The van der Waals surface area contributed by atoms with Crippen molar-refractivity contribution in [3.8, 4) is 0 Å². The van der Waals surface area contributed by atoms with Crippen molar-refractivity contribution in [1.82, 2.24) is 24.3 Å². The smallest absolute Gasteiger partial charge is 0.407 e. The molecule has 12 heteroatoms.